The molecule has 19 heavy (non-hydrogen) atoms. The van der Waals surface area contributed by atoms with Crippen LogP contribution in [-0.2, 0) is 11.7 Å². The molecule has 4 N–H and O–H groups in total. The molecule has 0 aliphatic heterocycles. The van der Waals surface area contributed by atoms with Crippen LogP contribution < -0.4 is 11.5 Å². The Kier molecular flexibility index (Phi) is 2.28. The topological polar surface area (TPSA) is 77.8 Å². The first-order chi connectivity index (χ1) is 8.79. The molecule has 4 nitrogen and oxygen atoms in total. The summed E-state index contributed by atoms with van der Waals surface area (Å²) < 4.78 is 38.0. The van der Waals surface area contributed by atoms with E-state index in [9.17, 15) is 13.2 Å². The van der Waals surface area contributed by atoms with Gasteiger partial charge in [-0.3, -0.25) is 0 Å². The number of nitrogen functional groups attached to an aromatic ring is 1. The zero-order valence-electron chi connectivity index (χ0n) is 9.83. The van der Waals surface area contributed by atoms with Gasteiger partial charge in [-0.05, 0) is 31.0 Å². The minimum atomic E-state index is -4.41. The summed E-state index contributed by atoms with van der Waals surface area (Å²) in [6.45, 7) is 0. The molecule has 1 heterocycles. The Hall–Kier alpha value is -1.89. The van der Waals surface area contributed by atoms with Crippen molar-refractivity contribution in [2.45, 2.75) is 24.6 Å². The molecule has 0 unspecified atom stereocenters. The Labute approximate surface area is 106 Å². The highest BCUT2D eigenvalue weighted by Crippen LogP contribution is 2.42. The van der Waals surface area contributed by atoms with E-state index in [1.54, 1.807) is 0 Å². The number of anilines is 1. The fraction of sp³-hybridized carbons (Fsp3) is 0.333. The molecule has 1 aromatic carbocycles. The maximum absolute atomic E-state index is 12.7. The summed E-state index contributed by atoms with van der Waals surface area (Å²) in [4.78, 5) is 8.22. The van der Waals surface area contributed by atoms with Crippen LogP contribution in [0.1, 0.15) is 24.2 Å². The van der Waals surface area contributed by atoms with Crippen LogP contribution in [0.3, 0.4) is 0 Å². The average molecular weight is 268 g/mol. The van der Waals surface area contributed by atoms with Crippen LogP contribution in [0.15, 0.2) is 18.2 Å². The molecule has 0 bridgehead atoms. The molecule has 0 saturated heterocycles. The monoisotopic (exact) mass is 268 g/mol. The van der Waals surface area contributed by atoms with Gasteiger partial charge in [0.2, 0.25) is 0 Å². The van der Waals surface area contributed by atoms with Gasteiger partial charge in [-0.2, -0.15) is 13.2 Å². The number of nitrogens with zero attached hydrogens (tertiary/aromatic N) is 2. The lowest BCUT2D eigenvalue weighted by atomic mass is 10.1. The van der Waals surface area contributed by atoms with Crippen LogP contribution in [0.5, 0.6) is 0 Å². The number of alkyl halides is 3. The Morgan fingerprint density at radius 2 is 1.84 bits per heavy atom. The number of halogens is 3. The molecule has 1 saturated carbocycles. The third kappa shape index (κ3) is 1.99. The lowest BCUT2D eigenvalue weighted by Gasteiger charge is -2.12. The zero-order valence-corrected chi connectivity index (χ0v) is 9.83. The summed E-state index contributed by atoms with van der Waals surface area (Å²) in [7, 11) is 0. The van der Waals surface area contributed by atoms with Gasteiger partial charge in [0.25, 0.3) is 0 Å². The standard InChI is InChI=1S/C12H11F3N4/c13-12(14,15)6-1-2-7-8(5-6)18-10(19-9(7)16)11(17)3-4-11/h1-2,5H,3-4,17H2,(H2,16,18,19). The van der Waals surface area contributed by atoms with Crippen molar-refractivity contribution in [3.8, 4) is 0 Å². The van der Waals surface area contributed by atoms with Gasteiger partial charge in [-0.25, -0.2) is 9.97 Å². The van der Waals surface area contributed by atoms with E-state index in [1.807, 2.05) is 0 Å². The van der Waals surface area contributed by atoms with Crippen LogP contribution in [0.2, 0.25) is 0 Å². The minimum Gasteiger partial charge on any atom is -0.383 e. The van der Waals surface area contributed by atoms with E-state index in [2.05, 4.69) is 9.97 Å². The van der Waals surface area contributed by atoms with Gasteiger partial charge < -0.3 is 11.5 Å². The highest BCUT2D eigenvalue weighted by Gasteiger charge is 2.43. The van der Waals surface area contributed by atoms with Crippen molar-refractivity contribution in [2.24, 2.45) is 5.73 Å². The summed E-state index contributed by atoms with van der Waals surface area (Å²) in [6, 6.07) is 3.23. The number of aromatic nitrogens is 2. The van der Waals surface area contributed by atoms with E-state index in [4.69, 9.17) is 11.5 Å². The van der Waals surface area contributed by atoms with E-state index >= 15 is 0 Å². The summed E-state index contributed by atoms with van der Waals surface area (Å²) in [5.74, 6) is 0.474. The number of hydrogen-bond donors (Lipinski definition) is 2. The lowest BCUT2D eigenvalue weighted by Crippen LogP contribution is -2.22. The largest absolute Gasteiger partial charge is 0.416 e. The quantitative estimate of drug-likeness (QED) is 0.831. The number of rotatable bonds is 1. The van der Waals surface area contributed by atoms with Crippen molar-refractivity contribution in [2.75, 3.05) is 5.73 Å². The van der Waals surface area contributed by atoms with Crippen LogP contribution in [0, 0.1) is 0 Å². The van der Waals surface area contributed by atoms with Crippen molar-refractivity contribution in [1.82, 2.24) is 9.97 Å². The molecular weight excluding hydrogens is 257 g/mol. The average Bonchev–Trinajstić information content (AvgIpc) is 3.07. The molecule has 1 aliphatic rings. The van der Waals surface area contributed by atoms with Gasteiger partial charge in [0.15, 0.2) is 5.82 Å². The lowest BCUT2D eigenvalue weighted by molar-refractivity contribution is -0.137. The van der Waals surface area contributed by atoms with Gasteiger partial charge >= 0.3 is 6.18 Å². The predicted molar refractivity (Wildman–Crippen MR) is 64.1 cm³/mol. The highest BCUT2D eigenvalue weighted by molar-refractivity contribution is 5.88. The molecule has 100 valence electrons. The molecule has 0 amide bonds. The first-order valence-corrected chi connectivity index (χ1v) is 5.73. The van der Waals surface area contributed by atoms with Crippen LogP contribution in [-0.4, -0.2) is 9.97 Å². The van der Waals surface area contributed by atoms with Crippen LogP contribution in [0.4, 0.5) is 19.0 Å². The second kappa shape index (κ2) is 3.57. The second-order valence-corrected chi connectivity index (χ2v) is 4.82. The van der Waals surface area contributed by atoms with Gasteiger partial charge in [0.1, 0.15) is 5.82 Å². The minimum absolute atomic E-state index is 0.158. The summed E-state index contributed by atoms with van der Waals surface area (Å²) in [5.41, 5.74) is 10.5. The summed E-state index contributed by atoms with van der Waals surface area (Å²) in [6.07, 6.45) is -2.97. The van der Waals surface area contributed by atoms with E-state index in [0.29, 0.717) is 11.2 Å². The number of benzene rings is 1. The van der Waals surface area contributed by atoms with Crippen molar-refractivity contribution >= 4 is 16.7 Å². The van der Waals surface area contributed by atoms with E-state index in [0.717, 1.165) is 25.0 Å². The number of nitrogens with two attached hydrogens (primary N) is 2. The number of hydrogen-bond acceptors (Lipinski definition) is 4. The van der Waals surface area contributed by atoms with Gasteiger partial charge in [0.05, 0.1) is 16.6 Å². The predicted octanol–water partition coefficient (Wildman–Crippen LogP) is 2.18. The Bertz CT molecular complexity index is 657. The highest BCUT2D eigenvalue weighted by atomic mass is 19.4. The first kappa shape index (κ1) is 12.2. The molecule has 3 rings (SSSR count). The van der Waals surface area contributed by atoms with Crippen LogP contribution >= 0.6 is 0 Å². The molecule has 2 aromatic rings. The molecule has 1 aliphatic carbocycles. The molecule has 0 radical (unpaired) electrons. The van der Waals surface area contributed by atoms with E-state index in [-0.39, 0.29) is 11.3 Å². The Balaban J connectivity index is 2.21. The molecule has 7 heteroatoms. The fourth-order valence-electron chi connectivity index (χ4n) is 1.91. The normalized spacial score (nSPS) is 17.7. The third-order valence-electron chi connectivity index (χ3n) is 3.29. The van der Waals surface area contributed by atoms with E-state index < -0.39 is 17.3 Å². The Morgan fingerprint density at radius 1 is 1.16 bits per heavy atom. The van der Waals surface area contributed by atoms with E-state index in [1.165, 1.54) is 6.07 Å². The molecule has 0 spiro atoms. The zero-order chi connectivity index (χ0) is 13.8. The molecular formula is C12H11F3N4. The number of fused-ring (bicyclic) bond motifs is 1. The second-order valence-electron chi connectivity index (χ2n) is 4.82. The third-order valence-corrected chi connectivity index (χ3v) is 3.29. The smallest absolute Gasteiger partial charge is 0.383 e. The van der Waals surface area contributed by atoms with Crippen molar-refractivity contribution < 1.29 is 13.2 Å². The maximum atomic E-state index is 12.7. The first-order valence-electron chi connectivity index (χ1n) is 5.73. The van der Waals surface area contributed by atoms with Gasteiger partial charge in [-0.1, -0.05) is 0 Å². The van der Waals surface area contributed by atoms with Gasteiger partial charge in [-0.15, -0.1) is 0 Å². The summed E-state index contributed by atoms with van der Waals surface area (Å²) in [5, 5.41) is 0.404. The van der Waals surface area contributed by atoms with Crippen molar-refractivity contribution in [1.29, 1.82) is 0 Å². The maximum Gasteiger partial charge on any atom is 0.416 e. The molecule has 0 atom stereocenters. The van der Waals surface area contributed by atoms with Crippen molar-refractivity contribution in [3.63, 3.8) is 0 Å². The molecule has 1 fully saturated rings. The molecule has 1 aromatic heterocycles. The summed E-state index contributed by atoms with van der Waals surface area (Å²) >= 11 is 0. The van der Waals surface area contributed by atoms with Gasteiger partial charge in [0, 0.05) is 5.39 Å². The van der Waals surface area contributed by atoms with Crippen LogP contribution in [0.25, 0.3) is 10.9 Å². The van der Waals surface area contributed by atoms with Crippen molar-refractivity contribution in [3.05, 3.63) is 29.6 Å². The SMILES string of the molecule is Nc1nc(C2(N)CC2)nc2cc(C(F)(F)F)ccc12. The Morgan fingerprint density at radius 3 is 2.42 bits per heavy atom. The fourth-order valence-corrected chi connectivity index (χ4v) is 1.91.